The van der Waals surface area contributed by atoms with Crippen molar-refractivity contribution >= 4 is 21.7 Å². The van der Waals surface area contributed by atoms with E-state index in [0.717, 1.165) is 6.26 Å². The minimum Gasteiger partial charge on any atom is -0.481 e. The molecule has 96 valence electrons. The fraction of sp³-hybridized carbons (Fsp3) is 0.273. The van der Waals surface area contributed by atoms with Crippen molar-refractivity contribution in [2.75, 3.05) is 11.0 Å². The van der Waals surface area contributed by atoms with Crippen LogP contribution in [0.1, 0.15) is 24.0 Å². The number of aliphatic carboxylic acids is 1. The van der Waals surface area contributed by atoms with Crippen LogP contribution in [-0.4, -0.2) is 25.7 Å². The average molecular weight is 268 g/mol. The lowest BCUT2D eigenvalue weighted by Gasteiger charge is -2.10. The van der Waals surface area contributed by atoms with Gasteiger partial charge in [-0.3, -0.25) is 9.52 Å². The molecule has 0 amide bonds. The molecule has 6 nitrogen and oxygen atoms in total. The van der Waals surface area contributed by atoms with Crippen molar-refractivity contribution < 1.29 is 18.3 Å². The van der Waals surface area contributed by atoms with E-state index in [0.29, 0.717) is 5.56 Å². The summed E-state index contributed by atoms with van der Waals surface area (Å²) >= 11 is 0. The highest BCUT2D eigenvalue weighted by Gasteiger charge is 2.16. The van der Waals surface area contributed by atoms with Gasteiger partial charge in [0.05, 0.1) is 23.4 Å². The molecule has 0 fully saturated rings. The molecule has 1 aromatic carbocycles. The van der Waals surface area contributed by atoms with E-state index in [1.807, 2.05) is 6.07 Å². The number of hydrogen-bond acceptors (Lipinski definition) is 4. The minimum atomic E-state index is -3.48. The van der Waals surface area contributed by atoms with E-state index in [-0.39, 0.29) is 11.3 Å². The Balaban J connectivity index is 3.21. The number of anilines is 1. The molecule has 1 atom stereocenters. The molecule has 0 spiro atoms. The first-order chi connectivity index (χ1) is 8.24. The van der Waals surface area contributed by atoms with Gasteiger partial charge < -0.3 is 5.11 Å². The number of nitrogens with zero attached hydrogens (tertiary/aromatic N) is 1. The average Bonchev–Trinajstić information content (AvgIpc) is 2.26. The van der Waals surface area contributed by atoms with Crippen LogP contribution < -0.4 is 4.72 Å². The fourth-order valence-corrected chi connectivity index (χ4v) is 1.93. The Hall–Kier alpha value is -2.07. The first kappa shape index (κ1) is 14.0. The second kappa shape index (κ2) is 5.06. The molecule has 1 unspecified atom stereocenters. The van der Waals surface area contributed by atoms with Gasteiger partial charge in [-0.15, -0.1) is 0 Å². The summed E-state index contributed by atoms with van der Waals surface area (Å²) < 4.78 is 24.4. The van der Waals surface area contributed by atoms with Crippen LogP contribution in [0.25, 0.3) is 0 Å². The van der Waals surface area contributed by atoms with Gasteiger partial charge in [-0.1, -0.05) is 6.07 Å². The highest BCUT2D eigenvalue weighted by molar-refractivity contribution is 7.92. The van der Waals surface area contributed by atoms with Crippen LogP contribution in [0.15, 0.2) is 18.2 Å². The van der Waals surface area contributed by atoms with Crippen molar-refractivity contribution in [2.24, 2.45) is 0 Å². The first-order valence-corrected chi connectivity index (χ1v) is 6.88. The van der Waals surface area contributed by atoms with E-state index in [4.69, 9.17) is 10.4 Å². The number of hydrogen-bond donors (Lipinski definition) is 2. The van der Waals surface area contributed by atoms with Crippen molar-refractivity contribution in [3.8, 4) is 6.07 Å². The van der Waals surface area contributed by atoms with Gasteiger partial charge in [0, 0.05) is 0 Å². The van der Waals surface area contributed by atoms with Crippen molar-refractivity contribution in [1.82, 2.24) is 0 Å². The number of nitrogens with one attached hydrogen (secondary N) is 1. The van der Waals surface area contributed by atoms with Gasteiger partial charge in [-0.05, 0) is 24.6 Å². The topological polar surface area (TPSA) is 107 Å². The summed E-state index contributed by atoms with van der Waals surface area (Å²) in [5.41, 5.74) is 0.672. The smallest absolute Gasteiger partial charge is 0.310 e. The van der Waals surface area contributed by atoms with Crippen molar-refractivity contribution in [3.63, 3.8) is 0 Å². The first-order valence-electron chi connectivity index (χ1n) is 4.99. The molecule has 0 aliphatic carbocycles. The Morgan fingerprint density at radius 2 is 2.11 bits per heavy atom. The van der Waals surface area contributed by atoms with E-state index < -0.39 is 21.9 Å². The number of nitriles is 1. The Kier molecular flexibility index (Phi) is 3.93. The molecular weight excluding hydrogens is 256 g/mol. The maximum atomic E-state index is 11.1. The lowest BCUT2D eigenvalue weighted by atomic mass is 9.99. The molecule has 0 bridgehead atoms. The van der Waals surface area contributed by atoms with E-state index in [1.165, 1.54) is 25.1 Å². The number of benzene rings is 1. The van der Waals surface area contributed by atoms with Crippen molar-refractivity contribution in [1.29, 1.82) is 5.26 Å². The van der Waals surface area contributed by atoms with E-state index >= 15 is 0 Å². The lowest BCUT2D eigenvalue weighted by molar-refractivity contribution is -0.138. The van der Waals surface area contributed by atoms with E-state index in [2.05, 4.69) is 4.72 Å². The molecule has 0 heterocycles. The third-order valence-electron chi connectivity index (χ3n) is 2.33. The Labute approximate surface area is 105 Å². The highest BCUT2D eigenvalue weighted by Crippen LogP contribution is 2.23. The summed E-state index contributed by atoms with van der Waals surface area (Å²) in [5.74, 6) is -1.77. The van der Waals surface area contributed by atoms with Crippen molar-refractivity contribution in [3.05, 3.63) is 29.3 Å². The number of carbonyl (C=O) groups is 1. The third kappa shape index (κ3) is 3.46. The molecule has 18 heavy (non-hydrogen) atoms. The summed E-state index contributed by atoms with van der Waals surface area (Å²) in [7, 11) is -3.48. The summed E-state index contributed by atoms with van der Waals surface area (Å²) in [6.07, 6.45) is 0.974. The van der Waals surface area contributed by atoms with Crippen LogP contribution in [0, 0.1) is 11.3 Å². The number of carboxylic acid groups (broad SMARTS) is 1. The van der Waals surface area contributed by atoms with Gasteiger partial charge in [-0.25, -0.2) is 8.42 Å². The maximum absolute atomic E-state index is 11.1. The van der Waals surface area contributed by atoms with Gasteiger partial charge in [0.2, 0.25) is 10.0 Å². The minimum absolute atomic E-state index is 0.0889. The Morgan fingerprint density at radius 1 is 1.50 bits per heavy atom. The van der Waals surface area contributed by atoms with Crippen LogP contribution in [-0.2, 0) is 14.8 Å². The predicted molar refractivity (Wildman–Crippen MR) is 65.7 cm³/mol. The molecule has 0 saturated carbocycles. The monoisotopic (exact) mass is 268 g/mol. The summed E-state index contributed by atoms with van der Waals surface area (Å²) in [6, 6.07) is 6.06. The second-order valence-corrected chi connectivity index (χ2v) is 5.60. The van der Waals surface area contributed by atoms with Gasteiger partial charge in [0.1, 0.15) is 6.07 Å². The number of sulfonamides is 1. The standard InChI is InChI=1S/C11H12N2O4S/c1-7(11(14)15)8-3-4-10(9(5-8)6-12)13-18(2,16)17/h3-5,7,13H,1-2H3,(H,14,15). The molecule has 7 heteroatoms. The zero-order valence-corrected chi connectivity index (χ0v) is 10.7. The lowest BCUT2D eigenvalue weighted by Crippen LogP contribution is -2.12. The van der Waals surface area contributed by atoms with Gasteiger partial charge in [-0.2, -0.15) is 5.26 Å². The number of carboxylic acids is 1. The molecule has 0 saturated heterocycles. The van der Waals surface area contributed by atoms with Gasteiger partial charge >= 0.3 is 5.97 Å². The molecule has 1 rings (SSSR count). The van der Waals surface area contributed by atoms with E-state index in [1.54, 1.807) is 0 Å². The second-order valence-electron chi connectivity index (χ2n) is 3.85. The molecular formula is C11H12N2O4S. The van der Waals surface area contributed by atoms with Gasteiger partial charge in [0.25, 0.3) is 0 Å². The Morgan fingerprint density at radius 3 is 2.56 bits per heavy atom. The largest absolute Gasteiger partial charge is 0.481 e. The van der Waals surface area contributed by atoms with Crippen LogP contribution in [0.3, 0.4) is 0 Å². The molecule has 0 aliphatic heterocycles. The summed E-state index contributed by atoms with van der Waals surface area (Å²) in [4.78, 5) is 10.8. The fourth-order valence-electron chi connectivity index (χ4n) is 1.36. The molecule has 0 aromatic heterocycles. The Bertz CT molecular complexity index is 616. The normalized spacial score (nSPS) is 12.5. The SMILES string of the molecule is CC(C(=O)O)c1ccc(NS(C)(=O)=O)c(C#N)c1. The number of rotatable bonds is 4. The zero-order valence-electron chi connectivity index (χ0n) is 9.84. The molecule has 0 aliphatic rings. The predicted octanol–water partition coefficient (Wildman–Crippen LogP) is 1.12. The maximum Gasteiger partial charge on any atom is 0.310 e. The van der Waals surface area contributed by atoms with E-state index in [9.17, 15) is 13.2 Å². The van der Waals surface area contributed by atoms with Crippen LogP contribution in [0.4, 0.5) is 5.69 Å². The summed E-state index contributed by atoms with van der Waals surface area (Å²) in [6.45, 7) is 1.49. The van der Waals surface area contributed by atoms with Crippen LogP contribution in [0.2, 0.25) is 0 Å². The van der Waals surface area contributed by atoms with Crippen LogP contribution >= 0.6 is 0 Å². The van der Waals surface area contributed by atoms with Crippen molar-refractivity contribution in [2.45, 2.75) is 12.8 Å². The third-order valence-corrected chi connectivity index (χ3v) is 2.92. The van der Waals surface area contributed by atoms with Crippen LogP contribution in [0.5, 0.6) is 0 Å². The quantitative estimate of drug-likeness (QED) is 0.850. The molecule has 0 radical (unpaired) electrons. The van der Waals surface area contributed by atoms with Gasteiger partial charge in [0.15, 0.2) is 0 Å². The molecule has 1 aromatic rings. The highest BCUT2D eigenvalue weighted by atomic mass is 32.2. The summed E-state index contributed by atoms with van der Waals surface area (Å²) in [5, 5.41) is 17.8. The molecule has 2 N–H and O–H groups in total. The zero-order chi connectivity index (χ0) is 13.9.